The van der Waals surface area contributed by atoms with Gasteiger partial charge in [-0.25, -0.2) is 0 Å². The normalized spacial score (nSPS) is 11.8. The van der Waals surface area contributed by atoms with E-state index in [1.165, 1.54) is 0 Å². The number of rotatable bonds is 6. The summed E-state index contributed by atoms with van der Waals surface area (Å²) in [4.78, 5) is 25.1. The first-order valence-corrected chi connectivity index (χ1v) is 7.04. The lowest BCUT2D eigenvalue weighted by molar-refractivity contribution is -0.124. The van der Waals surface area contributed by atoms with Crippen molar-refractivity contribution in [3.63, 3.8) is 0 Å². The van der Waals surface area contributed by atoms with Crippen LogP contribution < -0.4 is 5.32 Å². The molecule has 0 fully saturated rings. The Morgan fingerprint density at radius 3 is 2.60 bits per heavy atom. The summed E-state index contributed by atoms with van der Waals surface area (Å²) >= 11 is 0. The Balaban J connectivity index is 2.55. The number of carbonyl (C=O) groups excluding carboxylic acids is 2. The molecule has 1 unspecified atom stereocenters. The lowest BCUT2D eigenvalue weighted by atomic mass is 10.1. The average Bonchev–Trinajstić information content (AvgIpc) is 2.45. The molecule has 0 aliphatic carbocycles. The van der Waals surface area contributed by atoms with Crippen LogP contribution in [0.5, 0.6) is 0 Å². The van der Waals surface area contributed by atoms with Crippen molar-refractivity contribution in [1.29, 1.82) is 0 Å². The number of hydrogen-bond donors (Lipinski definition) is 1. The van der Waals surface area contributed by atoms with Crippen molar-refractivity contribution >= 4 is 11.8 Å². The second kappa shape index (κ2) is 7.68. The maximum absolute atomic E-state index is 11.9. The van der Waals surface area contributed by atoms with Gasteiger partial charge in [0.25, 0.3) is 5.91 Å². The molecule has 0 aliphatic heterocycles. The predicted molar refractivity (Wildman–Crippen MR) is 80.6 cm³/mol. The molecule has 0 aliphatic rings. The van der Waals surface area contributed by atoms with Gasteiger partial charge in [-0.3, -0.25) is 9.59 Å². The van der Waals surface area contributed by atoms with E-state index in [9.17, 15) is 9.59 Å². The fourth-order valence-corrected chi connectivity index (χ4v) is 1.81. The molecule has 1 N–H and O–H groups in total. The summed E-state index contributed by atoms with van der Waals surface area (Å²) in [5, 5.41) is 2.92. The minimum Gasteiger partial charge on any atom is -0.356 e. The maximum Gasteiger partial charge on any atom is 0.253 e. The van der Waals surface area contributed by atoms with E-state index < -0.39 is 0 Å². The molecular weight excluding hydrogens is 252 g/mol. The van der Waals surface area contributed by atoms with Crippen molar-refractivity contribution in [2.45, 2.75) is 26.7 Å². The monoisotopic (exact) mass is 276 g/mol. The van der Waals surface area contributed by atoms with Gasteiger partial charge in [-0.15, -0.1) is 0 Å². The van der Waals surface area contributed by atoms with Gasteiger partial charge in [-0.05, 0) is 30.5 Å². The molecule has 0 saturated heterocycles. The third-order valence-corrected chi connectivity index (χ3v) is 3.35. The highest BCUT2D eigenvalue weighted by molar-refractivity contribution is 5.94. The summed E-state index contributed by atoms with van der Waals surface area (Å²) in [6, 6.07) is 7.55. The molecule has 0 radical (unpaired) electrons. The van der Waals surface area contributed by atoms with Crippen LogP contribution in [0.2, 0.25) is 0 Å². The van der Waals surface area contributed by atoms with Gasteiger partial charge < -0.3 is 10.2 Å². The molecule has 2 amide bonds. The fourth-order valence-electron chi connectivity index (χ4n) is 1.81. The summed E-state index contributed by atoms with van der Waals surface area (Å²) in [5.74, 6) is 0.139. The Morgan fingerprint density at radius 2 is 2.00 bits per heavy atom. The first-order valence-electron chi connectivity index (χ1n) is 7.04. The summed E-state index contributed by atoms with van der Waals surface area (Å²) < 4.78 is 0. The minimum atomic E-state index is -0.00418. The molecule has 0 saturated carbocycles. The minimum absolute atomic E-state index is 0.00418. The second-order valence-electron chi connectivity index (χ2n) is 5.25. The lowest BCUT2D eigenvalue weighted by Crippen LogP contribution is -2.30. The fraction of sp³-hybridized carbons (Fsp3) is 0.500. The van der Waals surface area contributed by atoms with Crippen LogP contribution in [0.15, 0.2) is 24.3 Å². The second-order valence-corrected chi connectivity index (χ2v) is 5.25. The van der Waals surface area contributed by atoms with E-state index in [-0.39, 0.29) is 17.7 Å². The van der Waals surface area contributed by atoms with Crippen molar-refractivity contribution in [2.75, 3.05) is 20.6 Å². The van der Waals surface area contributed by atoms with Crippen molar-refractivity contribution in [3.05, 3.63) is 35.4 Å². The molecule has 4 heteroatoms. The van der Waals surface area contributed by atoms with Crippen LogP contribution in [-0.2, 0) is 11.2 Å². The van der Waals surface area contributed by atoms with Crippen molar-refractivity contribution in [2.24, 2.45) is 5.92 Å². The Kier molecular flexibility index (Phi) is 6.22. The van der Waals surface area contributed by atoms with Crippen molar-refractivity contribution in [1.82, 2.24) is 10.2 Å². The lowest BCUT2D eigenvalue weighted by Gasteiger charge is -2.12. The molecule has 20 heavy (non-hydrogen) atoms. The van der Waals surface area contributed by atoms with Crippen LogP contribution in [0, 0.1) is 5.92 Å². The van der Waals surface area contributed by atoms with E-state index in [4.69, 9.17) is 0 Å². The summed E-state index contributed by atoms with van der Waals surface area (Å²) in [5.41, 5.74) is 1.74. The molecular formula is C16H24N2O2. The van der Waals surface area contributed by atoms with Gasteiger partial charge >= 0.3 is 0 Å². The van der Waals surface area contributed by atoms with Gasteiger partial charge in [0, 0.05) is 32.1 Å². The van der Waals surface area contributed by atoms with Gasteiger partial charge in [-0.1, -0.05) is 26.0 Å². The third kappa shape index (κ3) is 4.68. The van der Waals surface area contributed by atoms with Gasteiger partial charge in [0.15, 0.2) is 0 Å². The Labute approximate surface area is 121 Å². The van der Waals surface area contributed by atoms with Gasteiger partial charge in [-0.2, -0.15) is 0 Å². The molecule has 4 nitrogen and oxygen atoms in total. The largest absolute Gasteiger partial charge is 0.356 e. The molecule has 0 aromatic heterocycles. The first-order chi connectivity index (χ1) is 9.45. The van der Waals surface area contributed by atoms with E-state index in [1.54, 1.807) is 19.0 Å². The molecule has 1 rings (SSSR count). The number of nitrogens with one attached hydrogen (secondary N) is 1. The molecule has 110 valence electrons. The smallest absolute Gasteiger partial charge is 0.253 e. The zero-order valence-electron chi connectivity index (χ0n) is 12.8. The molecule has 0 spiro atoms. The van der Waals surface area contributed by atoms with Gasteiger partial charge in [0.2, 0.25) is 5.91 Å². The van der Waals surface area contributed by atoms with Crippen molar-refractivity contribution < 1.29 is 9.59 Å². The summed E-state index contributed by atoms with van der Waals surface area (Å²) in [6.07, 6.45) is 1.58. The first kappa shape index (κ1) is 16.2. The van der Waals surface area contributed by atoms with E-state index in [2.05, 4.69) is 5.32 Å². The molecule has 1 aromatic carbocycles. The van der Waals surface area contributed by atoms with Gasteiger partial charge in [0.05, 0.1) is 0 Å². The third-order valence-electron chi connectivity index (χ3n) is 3.35. The van der Waals surface area contributed by atoms with E-state index in [1.807, 2.05) is 38.1 Å². The molecule has 0 bridgehead atoms. The number of carbonyl (C=O) groups is 2. The number of hydrogen-bond acceptors (Lipinski definition) is 2. The average molecular weight is 276 g/mol. The van der Waals surface area contributed by atoms with Crippen LogP contribution in [-0.4, -0.2) is 37.4 Å². The highest BCUT2D eigenvalue weighted by Crippen LogP contribution is 2.08. The quantitative estimate of drug-likeness (QED) is 0.865. The standard InChI is InChI=1S/C16H24N2O2/c1-5-12(2)15(19)17-10-9-13-7-6-8-14(11-13)16(20)18(3)4/h6-8,11-12H,5,9-10H2,1-4H3,(H,17,19). The maximum atomic E-state index is 11.9. The van der Waals surface area contributed by atoms with Gasteiger partial charge in [0.1, 0.15) is 0 Å². The zero-order chi connectivity index (χ0) is 15.1. The van der Waals surface area contributed by atoms with E-state index >= 15 is 0 Å². The van der Waals surface area contributed by atoms with E-state index in [0.717, 1.165) is 18.4 Å². The molecule has 0 heterocycles. The molecule has 1 aromatic rings. The SMILES string of the molecule is CCC(C)C(=O)NCCc1cccc(C(=O)N(C)C)c1. The van der Waals surface area contributed by atoms with Crippen LogP contribution in [0.25, 0.3) is 0 Å². The Morgan fingerprint density at radius 1 is 1.30 bits per heavy atom. The van der Waals surface area contributed by atoms with Crippen molar-refractivity contribution in [3.8, 4) is 0 Å². The highest BCUT2D eigenvalue weighted by atomic mass is 16.2. The predicted octanol–water partition coefficient (Wildman–Crippen LogP) is 2.09. The summed E-state index contributed by atoms with van der Waals surface area (Å²) in [6.45, 7) is 4.52. The Hall–Kier alpha value is -1.84. The van der Waals surface area contributed by atoms with Crippen LogP contribution in [0.4, 0.5) is 0 Å². The topological polar surface area (TPSA) is 49.4 Å². The Bertz CT molecular complexity index is 469. The molecule has 1 atom stereocenters. The van der Waals surface area contributed by atoms with Crippen LogP contribution in [0.1, 0.15) is 36.2 Å². The van der Waals surface area contributed by atoms with Crippen LogP contribution >= 0.6 is 0 Å². The summed E-state index contributed by atoms with van der Waals surface area (Å²) in [7, 11) is 3.47. The number of nitrogens with zero attached hydrogens (tertiary/aromatic N) is 1. The van der Waals surface area contributed by atoms with E-state index in [0.29, 0.717) is 12.1 Å². The highest BCUT2D eigenvalue weighted by Gasteiger charge is 2.10. The number of benzene rings is 1. The number of amides is 2. The zero-order valence-corrected chi connectivity index (χ0v) is 12.8. The van der Waals surface area contributed by atoms with Crippen LogP contribution in [0.3, 0.4) is 0 Å².